The molecular formula is C26H28ClN7O2. The quantitative estimate of drug-likeness (QED) is 0.408. The Bertz CT molecular complexity index is 1400. The summed E-state index contributed by atoms with van der Waals surface area (Å²) in [4.78, 5) is 29.3. The van der Waals surface area contributed by atoms with Gasteiger partial charge in [0.2, 0.25) is 5.95 Å². The number of hydrogen-bond donors (Lipinski definition) is 1. The van der Waals surface area contributed by atoms with Gasteiger partial charge in [-0.25, -0.2) is 19.7 Å². The number of imidazole rings is 1. The highest BCUT2D eigenvalue weighted by Crippen LogP contribution is 2.35. The topological polar surface area (TPSA) is 87.9 Å². The van der Waals surface area contributed by atoms with Gasteiger partial charge in [0.05, 0.1) is 35.9 Å². The maximum Gasteiger partial charge on any atom is 0.319 e. The molecule has 3 aromatic heterocycles. The van der Waals surface area contributed by atoms with E-state index in [-0.39, 0.29) is 6.03 Å². The molecule has 5 rings (SSSR count). The van der Waals surface area contributed by atoms with Gasteiger partial charge < -0.3 is 19.9 Å². The third-order valence-corrected chi connectivity index (χ3v) is 6.77. The molecular weight excluding hydrogens is 478 g/mol. The highest BCUT2D eigenvalue weighted by Gasteiger charge is 2.25. The lowest BCUT2D eigenvalue weighted by atomic mass is 9.89. The van der Waals surface area contributed by atoms with E-state index in [1.165, 1.54) is 5.56 Å². The predicted molar refractivity (Wildman–Crippen MR) is 140 cm³/mol. The van der Waals surface area contributed by atoms with Crippen LogP contribution in [0.4, 0.5) is 16.4 Å². The summed E-state index contributed by atoms with van der Waals surface area (Å²) in [5.74, 6) is 1.48. The molecule has 1 aliphatic heterocycles. The van der Waals surface area contributed by atoms with Crippen molar-refractivity contribution in [3.05, 3.63) is 65.6 Å². The molecule has 0 spiro atoms. The highest BCUT2D eigenvalue weighted by molar-refractivity contribution is 6.32. The molecule has 0 unspecified atom stereocenters. The van der Waals surface area contributed by atoms with E-state index in [0.717, 1.165) is 43.0 Å². The zero-order chi connectivity index (χ0) is 25.2. The summed E-state index contributed by atoms with van der Waals surface area (Å²) in [6.07, 6.45) is 7.08. The Balaban J connectivity index is 1.35. The number of amides is 2. The van der Waals surface area contributed by atoms with E-state index in [2.05, 4.69) is 32.4 Å². The van der Waals surface area contributed by atoms with Gasteiger partial charge in [0.15, 0.2) is 0 Å². The van der Waals surface area contributed by atoms with Crippen LogP contribution in [0.15, 0.2) is 55.0 Å². The Kier molecular flexibility index (Phi) is 6.65. The van der Waals surface area contributed by atoms with E-state index >= 15 is 0 Å². The highest BCUT2D eigenvalue weighted by atomic mass is 35.5. The van der Waals surface area contributed by atoms with Crippen molar-refractivity contribution in [3.8, 4) is 17.1 Å². The number of pyridine rings is 1. The van der Waals surface area contributed by atoms with Crippen LogP contribution in [0, 0.1) is 0 Å². The normalized spacial score (nSPS) is 14.2. The number of nitrogens with zero attached hydrogens (tertiary/aromatic N) is 6. The fraction of sp³-hybridized carbons (Fsp3) is 0.308. The third kappa shape index (κ3) is 4.66. The maximum atomic E-state index is 12.2. The summed E-state index contributed by atoms with van der Waals surface area (Å²) in [6.45, 7) is 1.49. The number of piperidine rings is 1. The second kappa shape index (κ2) is 10.0. The Morgan fingerprint density at radius 3 is 2.69 bits per heavy atom. The first-order valence-electron chi connectivity index (χ1n) is 11.8. The lowest BCUT2D eigenvalue weighted by Gasteiger charge is -2.34. The number of benzene rings is 1. The van der Waals surface area contributed by atoms with Crippen molar-refractivity contribution in [1.29, 1.82) is 0 Å². The van der Waals surface area contributed by atoms with Crippen molar-refractivity contribution in [1.82, 2.24) is 29.2 Å². The van der Waals surface area contributed by atoms with Crippen molar-refractivity contribution in [2.45, 2.75) is 18.8 Å². The molecule has 0 saturated carbocycles. The molecule has 1 aliphatic rings. The van der Waals surface area contributed by atoms with Gasteiger partial charge in [0.25, 0.3) is 0 Å². The van der Waals surface area contributed by atoms with Crippen LogP contribution in [0.1, 0.15) is 24.3 Å². The zero-order valence-electron chi connectivity index (χ0n) is 20.5. The van der Waals surface area contributed by atoms with Crippen molar-refractivity contribution in [2.24, 2.45) is 0 Å². The molecule has 1 aromatic carbocycles. The fourth-order valence-corrected chi connectivity index (χ4v) is 4.77. The number of carbonyl (C=O) groups excluding carboxylic acids is 1. The Labute approximate surface area is 214 Å². The van der Waals surface area contributed by atoms with Crippen LogP contribution in [-0.4, -0.2) is 69.5 Å². The maximum absolute atomic E-state index is 12.2. The van der Waals surface area contributed by atoms with Gasteiger partial charge >= 0.3 is 6.03 Å². The summed E-state index contributed by atoms with van der Waals surface area (Å²) in [5.41, 5.74) is 4.13. The summed E-state index contributed by atoms with van der Waals surface area (Å²) in [7, 11) is 5.22. The predicted octanol–water partition coefficient (Wildman–Crippen LogP) is 5.06. The number of halogens is 1. The van der Waals surface area contributed by atoms with E-state index in [4.69, 9.17) is 16.3 Å². The number of nitrogens with one attached hydrogen (secondary N) is 1. The van der Waals surface area contributed by atoms with Crippen molar-refractivity contribution < 1.29 is 9.53 Å². The lowest BCUT2D eigenvalue weighted by molar-refractivity contribution is 0.156. The summed E-state index contributed by atoms with van der Waals surface area (Å²) in [6, 6.07) is 12.0. The Morgan fingerprint density at radius 2 is 1.94 bits per heavy atom. The fourth-order valence-electron chi connectivity index (χ4n) is 4.59. The van der Waals surface area contributed by atoms with Crippen LogP contribution < -0.4 is 10.1 Å². The molecule has 4 heterocycles. The molecule has 186 valence electrons. The minimum absolute atomic E-state index is 0.0665. The minimum atomic E-state index is 0.0665. The van der Waals surface area contributed by atoms with Crippen molar-refractivity contribution in [2.75, 3.05) is 39.6 Å². The first kappa shape index (κ1) is 23.9. The van der Waals surface area contributed by atoms with E-state index < -0.39 is 0 Å². The number of urea groups is 1. The molecule has 36 heavy (non-hydrogen) atoms. The average molecular weight is 506 g/mol. The van der Waals surface area contributed by atoms with Gasteiger partial charge in [-0.3, -0.25) is 4.40 Å². The lowest BCUT2D eigenvalue weighted by Crippen LogP contribution is -2.43. The summed E-state index contributed by atoms with van der Waals surface area (Å²) < 4.78 is 7.63. The van der Waals surface area contributed by atoms with E-state index in [0.29, 0.717) is 28.3 Å². The zero-order valence-corrected chi connectivity index (χ0v) is 21.2. The van der Waals surface area contributed by atoms with Crippen molar-refractivity contribution in [3.63, 3.8) is 0 Å². The van der Waals surface area contributed by atoms with Crippen molar-refractivity contribution >= 4 is 34.9 Å². The second-order valence-electron chi connectivity index (χ2n) is 8.99. The van der Waals surface area contributed by atoms with E-state index in [1.54, 1.807) is 38.5 Å². The number of rotatable bonds is 5. The molecule has 0 atom stereocenters. The third-order valence-electron chi connectivity index (χ3n) is 6.50. The molecule has 9 nitrogen and oxygen atoms in total. The number of ether oxygens (including phenoxy) is 1. The van der Waals surface area contributed by atoms with Crippen LogP contribution in [0.2, 0.25) is 5.02 Å². The average Bonchev–Trinajstić information content (AvgIpc) is 3.33. The van der Waals surface area contributed by atoms with Crippen LogP contribution in [0.3, 0.4) is 0 Å². The molecule has 2 amide bonds. The Morgan fingerprint density at radius 1 is 1.14 bits per heavy atom. The molecule has 1 fully saturated rings. The molecule has 1 N–H and O–H groups in total. The van der Waals surface area contributed by atoms with Gasteiger partial charge in [-0.15, -0.1) is 0 Å². The van der Waals surface area contributed by atoms with Crippen LogP contribution in [-0.2, 0) is 0 Å². The van der Waals surface area contributed by atoms with E-state index in [1.807, 2.05) is 39.8 Å². The number of methoxy groups -OCH3 is 1. The summed E-state index contributed by atoms with van der Waals surface area (Å²) in [5, 5.41) is 3.71. The molecule has 0 radical (unpaired) electrons. The van der Waals surface area contributed by atoms with Gasteiger partial charge in [0.1, 0.15) is 17.1 Å². The minimum Gasteiger partial charge on any atom is -0.495 e. The largest absolute Gasteiger partial charge is 0.495 e. The molecule has 0 bridgehead atoms. The summed E-state index contributed by atoms with van der Waals surface area (Å²) >= 11 is 6.46. The number of hydrogen-bond acceptors (Lipinski definition) is 6. The second-order valence-corrected chi connectivity index (χ2v) is 9.39. The molecule has 0 aliphatic carbocycles. The Hall–Kier alpha value is -3.85. The number of fused-ring (bicyclic) bond motifs is 1. The molecule has 1 saturated heterocycles. The first-order valence-corrected chi connectivity index (χ1v) is 12.2. The van der Waals surface area contributed by atoms with Gasteiger partial charge in [-0.2, -0.15) is 0 Å². The molecule has 4 aromatic rings. The van der Waals surface area contributed by atoms with Crippen LogP contribution in [0.25, 0.3) is 17.0 Å². The van der Waals surface area contributed by atoms with Crippen LogP contribution >= 0.6 is 11.6 Å². The van der Waals surface area contributed by atoms with Crippen LogP contribution in [0.5, 0.6) is 5.75 Å². The van der Waals surface area contributed by atoms with Gasteiger partial charge in [0, 0.05) is 33.4 Å². The number of anilines is 2. The van der Waals surface area contributed by atoms with E-state index in [9.17, 15) is 4.79 Å². The van der Waals surface area contributed by atoms with Gasteiger partial charge in [-0.05, 0) is 48.6 Å². The number of aromatic nitrogens is 4. The standard InChI is InChI=1S/C26H28ClN7O2/c1-32(2)26(35)33-12-9-17(10-13-33)18-7-8-20(22(14-18)36-3)30-25-29-15-19(27)24(31-25)21-16-28-23-6-4-5-11-34(21)23/h4-8,11,14-17H,9-10,12-13H2,1-3H3,(H,29,30,31). The SMILES string of the molecule is COc1cc(C2CCN(C(=O)N(C)C)CC2)ccc1Nc1ncc(Cl)c(-c2cnc3ccccn23)n1. The van der Waals surface area contributed by atoms with Gasteiger partial charge in [-0.1, -0.05) is 23.7 Å². The molecule has 10 heteroatoms. The number of carbonyl (C=O) groups is 1. The first-order chi connectivity index (χ1) is 17.4. The number of likely N-dealkylation sites (tertiary alicyclic amines) is 1. The smallest absolute Gasteiger partial charge is 0.319 e. The monoisotopic (exact) mass is 505 g/mol.